The second-order valence-corrected chi connectivity index (χ2v) is 7.52. The number of amides is 1. The van der Waals surface area contributed by atoms with Crippen molar-refractivity contribution in [3.05, 3.63) is 41.7 Å². The van der Waals surface area contributed by atoms with Gasteiger partial charge in [-0.1, -0.05) is 36.8 Å². The van der Waals surface area contributed by atoms with Gasteiger partial charge in [0.25, 0.3) is 0 Å². The van der Waals surface area contributed by atoms with E-state index in [-0.39, 0.29) is 5.91 Å². The van der Waals surface area contributed by atoms with E-state index in [1.807, 2.05) is 22.9 Å². The van der Waals surface area contributed by atoms with Gasteiger partial charge in [-0.15, -0.1) is 5.10 Å². The number of benzene rings is 1. The van der Waals surface area contributed by atoms with Crippen LogP contribution in [0.3, 0.4) is 0 Å². The van der Waals surface area contributed by atoms with Crippen molar-refractivity contribution in [3.8, 4) is 0 Å². The Hall–Kier alpha value is -2.28. The second kappa shape index (κ2) is 7.53. The summed E-state index contributed by atoms with van der Waals surface area (Å²) >= 11 is 0. The summed E-state index contributed by atoms with van der Waals surface area (Å²) in [6.07, 6.45) is 5.69. The number of fused-ring (bicyclic) bond motifs is 2. The van der Waals surface area contributed by atoms with Crippen LogP contribution in [0.4, 0.5) is 0 Å². The number of hydrogen-bond donors (Lipinski definition) is 1. The third-order valence-electron chi connectivity index (χ3n) is 5.64. The van der Waals surface area contributed by atoms with Crippen molar-refractivity contribution in [1.82, 2.24) is 30.4 Å². The SMILES string of the molecule is CC(=O)NC1C[C@H]2CCC[C@@H](C1)N2Cc1nnnn1Cc1ccccc1. The molecule has 4 rings (SSSR count). The second-order valence-electron chi connectivity index (χ2n) is 7.52. The Kier molecular flexibility index (Phi) is 4.97. The first kappa shape index (κ1) is 17.1. The van der Waals surface area contributed by atoms with E-state index in [0.29, 0.717) is 24.7 Å². The van der Waals surface area contributed by atoms with Crippen LogP contribution in [0.25, 0.3) is 0 Å². The van der Waals surface area contributed by atoms with Gasteiger partial charge < -0.3 is 5.32 Å². The van der Waals surface area contributed by atoms with E-state index in [2.05, 4.69) is 37.9 Å². The fraction of sp³-hybridized carbons (Fsp3) is 0.579. The minimum atomic E-state index is 0.0772. The topological polar surface area (TPSA) is 75.9 Å². The summed E-state index contributed by atoms with van der Waals surface area (Å²) in [4.78, 5) is 14.0. The number of nitrogens with one attached hydrogen (secondary N) is 1. The third kappa shape index (κ3) is 3.77. The summed E-state index contributed by atoms with van der Waals surface area (Å²) in [5.74, 6) is 0.997. The summed E-state index contributed by atoms with van der Waals surface area (Å²) in [5.41, 5.74) is 1.20. The zero-order valence-electron chi connectivity index (χ0n) is 15.2. The normalized spacial score (nSPS) is 25.8. The Bertz CT molecular complexity index is 731. The van der Waals surface area contributed by atoms with Crippen LogP contribution < -0.4 is 5.32 Å². The first-order chi connectivity index (χ1) is 12.7. The van der Waals surface area contributed by atoms with Gasteiger partial charge in [0.15, 0.2) is 5.82 Å². The van der Waals surface area contributed by atoms with Gasteiger partial charge in [-0.05, 0) is 41.7 Å². The minimum absolute atomic E-state index is 0.0772. The number of hydrogen-bond acceptors (Lipinski definition) is 5. The van der Waals surface area contributed by atoms with Gasteiger partial charge in [0.05, 0.1) is 13.1 Å². The number of nitrogens with zero attached hydrogens (tertiary/aromatic N) is 5. The van der Waals surface area contributed by atoms with Crippen molar-refractivity contribution in [3.63, 3.8) is 0 Å². The van der Waals surface area contributed by atoms with Crippen LogP contribution in [0.5, 0.6) is 0 Å². The van der Waals surface area contributed by atoms with Crippen molar-refractivity contribution in [2.75, 3.05) is 0 Å². The van der Waals surface area contributed by atoms with Gasteiger partial charge in [-0.3, -0.25) is 9.69 Å². The highest BCUT2D eigenvalue weighted by molar-refractivity contribution is 5.73. The van der Waals surface area contributed by atoms with Crippen molar-refractivity contribution in [1.29, 1.82) is 0 Å². The summed E-state index contributed by atoms with van der Waals surface area (Å²) in [7, 11) is 0. The Morgan fingerprint density at radius 2 is 1.88 bits per heavy atom. The molecule has 2 fully saturated rings. The predicted molar refractivity (Wildman–Crippen MR) is 97.2 cm³/mol. The van der Waals surface area contributed by atoms with Crippen LogP contribution in [0.1, 0.15) is 50.4 Å². The fourth-order valence-electron chi connectivity index (χ4n) is 4.52. The van der Waals surface area contributed by atoms with E-state index in [4.69, 9.17) is 0 Å². The van der Waals surface area contributed by atoms with E-state index < -0.39 is 0 Å². The molecule has 3 atom stereocenters. The Morgan fingerprint density at radius 1 is 1.15 bits per heavy atom. The average molecular weight is 354 g/mol. The van der Waals surface area contributed by atoms with Gasteiger partial charge in [-0.2, -0.15) is 0 Å². The molecule has 1 amide bonds. The van der Waals surface area contributed by atoms with Gasteiger partial charge >= 0.3 is 0 Å². The average Bonchev–Trinajstić information content (AvgIpc) is 3.03. The smallest absolute Gasteiger partial charge is 0.217 e. The third-order valence-corrected chi connectivity index (χ3v) is 5.64. The standard InChI is InChI=1S/C19H26N6O/c1-14(26)20-16-10-17-8-5-9-18(11-16)24(17)13-19-21-22-23-25(19)12-15-6-3-2-4-7-15/h2-4,6-7,16-18H,5,8-13H2,1H3,(H,20,26)/t16?,17-,18+. The number of tetrazole rings is 1. The summed E-state index contributed by atoms with van der Waals surface area (Å²) < 4.78 is 1.91. The first-order valence-corrected chi connectivity index (χ1v) is 9.51. The van der Waals surface area contributed by atoms with E-state index in [0.717, 1.165) is 25.2 Å². The van der Waals surface area contributed by atoms with Crippen molar-refractivity contribution >= 4 is 5.91 Å². The van der Waals surface area contributed by atoms with Gasteiger partial charge in [0.2, 0.25) is 5.91 Å². The molecular weight excluding hydrogens is 328 g/mol. The predicted octanol–water partition coefficient (Wildman–Crippen LogP) is 1.74. The molecule has 2 bridgehead atoms. The molecule has 2 aliphatic rings. The molecule has 3 heterocycles. The molecule has 0 aliphatic carbocycles. The monoisotopic (exact) mass is 354 g/mol. The lowest BCUT2D eigenvalue weighted by atomic mass is 9.81. The highest BCUT2D eigenvalue weighted by Gasteiger charge is 2.39. The Balaban J connectivity index is 1.46. The maximum atomic E-state index is 11.4. The molecule has 138 valence electrons. The number of piperidine rings is 2. The number of carbonyl (C=O) groups is 1. The lowest BCUT2D eigenvalue weighted by Gasteiger charge is -2.48. The van der Waals surface area contributed by atoms with Crippen molar-refractivity contribution in [2.24, 2.45) is 0 Å². The van der Waals surface area contributed by atoms with Crippen LogP contribution in [-0.2, 0) is 17.9 Å². The molecular formula is C19H26N6O. The molecule has 1 aromatic carbocycles. The van der Waals surface area contributed by atoms with Crippen LogP contribution in [-0.4, -0.2) is 49.1 Å². The lowest BCUT2D eigenvalue weighted by molar-refractivity contribution is -0.120. The molecule has 7 nitrogen and oxygen atoms in total. The lowest BCUT2D eigenvalue weighted by Crippen LogP contribution is -2.56. The molecule has 1 N–H and O–H groups in total. The number of carbonyl (C=O) groups excluding carboxylic acids is 1. The molecule has 0 saturated carbocycles. The molecule has 7 heteroatoms. The van der Waals surface area contributed by atoms with Crippen molar-refractivity contribution in [2.45, 2.75) is 70.2 Å². The van der Waals surface area contributed by atoms with Crippen LogP contribution in [0, 0.1) is 0 Å². The minimum Gasteiger partial charge on any atom is -0.353 e. The molecule has 0 radical (unpaired) electrons. The van der Waals surface area contributed by atoms with Gasteiger partial charge in [0.1, 0.15) is 0 Å². The Morgan fingerprint density at radius 3 is 2.58 bits per heavy atom. The Labute approximate surface area is 153 Å². The molecule has 0 spiro atoms. The maximum Gasteiger partial charge on any atom is 0.217 e. The zero-order chi connectivity index (χ0) is 17.9. The molecule has 1 unspecified atom stereocenters. The summed E-state index contributed by atoms with van der Waals surface area (Å²) in [6.45, 7) is 3.09. The molecule has 2 aromatic rings. The van der Waals surface area contributed by atoms with E-state index in [1.54, 1.807) is 6.92 Å². The highest BCUT2D eigenvalue weighted by atomic mass is 16.1. The van der Waals surface area contributed by atoms with Gasteiger partial charge in [0, 0.05) is 25.0 Å². The fourth-order valence-corrected chi connectivity index (χ4v) is 4.52. The highest BCUT2D eigenvalue weighted by Crippen LogP contribution is 2.35. The molecule has 2 aliphatic heterocycles. The van der Waals surface area contributed by atoms with E-state index in [9.17, 15) is 4.79 Å². The first-order valence-electron chi connectivity index (χ1n) is 9.51. The van der Waals surface area contributed by atoms with E-state index >= 15 is 0 Å². The van der Waals surface area contributed by atoms with Crippen molar-refractivity contribution < 1.29 is 4.79 Å². The largest absolute Gasteiger partial charge is 0.353 e. The van der Waals surface area contributed by atoms with Crippen LogP contribution in [0.15, 0.2) is 30.3 Å². The summed E-state index contributed by atoms with van der Waals surface area (Å²) in [5, 5.41) is 15.5. The summed E-state index contributed by atoms with van der Waals surface area (Å²) in [6, 6.07) is 11.6. The van der Waals surface area contributed by atoms with Gasteiger partial charge in [-0.25, -0.2) is 4.68 Å². The number of aromatic nitrogens is 4. The van der Waals surface area contributed by atoms with Crippen LogP contribution >= 0.6 is 0 Å². The molecule has 26 heavy (non-hydrogen) atoms. The molecule has 2 saturated heterocycles. The molecule has 1 aromatic heterocycles. The zero-order valence-corrected chi connectivity index (χ0v) is 15.2. The van der Waals surface area contributed by atoms with Crippen LogP contribution in [0.2, 0.25) is 0 Å². The maximum absolute atomic E-state index is 11.4. The quantitative estimate of drug-likeness (QED) is 0.885. The van der Waals surface area contributed by atoms with E-state index in [1.165, 1.54) is 24.8 Å². The number of rotatable bonds is 5.